The second-order valence-electron chi connectivity index (χ2n) is 8.41. The van der Waals surface area contributed by atoms with Gasteiger partial charge >= 0.3 is 0 Å². The van der Waals surface area contributed by atoms with Crippen LogP contribution in [-0.2, 0) is 11.9 Å². The molecule has 0 spiro atoms. The highest BCUT2D eigenvalue weighted by atomic mass is 79.9. The van der Waals surface area contributed by atoms with Crippen molar-refractivity contribution in [2.75, 3.05) is 0 Å². The standard InChI is InChI=1S/C18H14F2N2O2.C11H10BrN/c1-10-3-2-4-14-12(10)6-5-11(22-14)9-24-15-8-7-13(19)16(17(15)20)18(21)23;1-8-3-2-4-11-10(8)6-5-9(7-12)13-11/h2-8H,9H2,1H3,(H2,21,23);2-6H,7H2,1H3. The molecule has 2 N–H and O–H groups in total. The second kappa shape index (κ2) is 11.4. The number of halogens is 3. The van der Waals surface area contributed by atoms with Crippen molar-refractivity contribution < 1.29 is 18.3 Å². The summed E-state index contributed by atoms with van der Waals surface area (Å²) in [7, 11) is 0. The van der Waals surface area contributed by atoms with Crippen molar-refractivity contribution in [2.24, 2.45) is 5.73 Å². The number of amides is 1. The Bertz CT molecular complexity index is 1610. The molecule has 5 aromatic rings. The molecule has 8 heteroatoms. The fourth-order valence-electron chi connectivity index (χ4n) is 3.88. The van der Waals surface area contributed by atoms with E-state index in [9.17, 15) is 13.6 Å². The lowest BCUT2D eigenvalue weighted by Crippen LogP contribution is -2.16. The number of aromatic nitrogens is 2. The van der Waals surface area contributed by atoms with E-state index in [1.165, 1.54) is 10.9 Å². The highest BCUT2D eigenvalue weighted by Crippen LogP contribution is 2.24. The normalized spacial score (nSPS) is 10.7. The lowest BCUT2D eigenvalue weighted by atomic mass is 10.1. The minimum Gasteiger partial charge on any atom is -0.484 e. The Hall–Kier alpha value is -3.91. The largest absolute Gasteiger partial charge is 0.484 e. The van der Waals surface area contributed by atoms with E-state index in [-0.39, 0.29) is 12.4 Å². The minimum atomic E-state index is -1.19. The fourth-order valence-corrected chi connectivity index (χ4v) is 4.19. The first-order valence-corrected chi connectivity index (χ1v) is 12.6. The monoisotopic (exact) mass is 563 g/mol. The summed E-state index contributed by atoms with van der Waals surface area (Å²) in [5.41, 5.74) is 10.1. The van der Waals surface area contributed by atoms with Crippen molar-refractivity contribution >= 4 is 43.6 Å². The number of hydrogen-bond acceptors (Lipinski definition) is 4. The van der Waals surface area contributed by atoms with Crippen molar-refractivity contribution in [1.82, 2.24) is 9.97 Å². The summed E-state index contributed by atoms with van der Waals surface area (Å²) in [6.45, 7) is 4.07. The first-order valence-electron chi connectivity index (χ1n) is 11.5. The molecular formula is C29H24BrF2N3O2. The van der Waals surface area contributed by atoms with E-state index in [2.05, 4.69) is 57.1 Å². The van der Waals surface area contributed by atoms with Crippen LogP contribution in [0.2, 0.25) is 0 Å². The molecule has 0 radical (unpaired) electrons. The summed E-state index contributed by atoms with van der Waals surface area (Å²) in [6.07, 6.45) is 0. The van der Waals surface area contributed by atoms with Gasteiger partial charge in [-0.25, -0.2) is 13.8 Å². The molecule has 188 valence electrons. The molecule has 2 heterocycles. The van der Waals surface area contributed by atoms with Gasteiger partial charge in [0.1, 0.15) is 18.0 Å². The summed E-state index contributed by atoms with van der Waals surface area (Å²) in [5, 5.41) is 3.08. The van der Waals surface area contributed by atoms with Gasteiger partial charge in [-0.3, -0.25) is 9.78 Å². The van der Waals surface area contributed by atoms with E-state index < -0.39 is 23.1 Å². The van der Waals surface area contributed by atoms with Crippen molar-refractivity contribution in [3.63, 3.8) is 0 Å². The van der Waals surface area contributed by atoms with E-state index in [1.54, 1.807) is 6.07 Å². The Morgan fingerprint density at radius 1 is 0.838 bits per heavy atom. The van der Waals surface area contributed by atoms with Crippen molar-refractivity contribution in [3.8, 4) is 5.75 Å². The molecule has 0 aliphatic carbocycles. The quantitative estimate of drug-likeness (QED) is 0.235. The van der Waals surface area contributed by atoms with Gasteiger partial charge in [0.25, 0.3) is 5.91 Å². The van der Waals surface area contributed by atoms with Crippen molar-refractivity contribution in [1.29, 1.82) is 0 Å². The molecule has 0 saturated carbocycles. The van der Waals surface area contributed by atoms with E-state index >= 15 is 0 Å². The number of fused-ring (bicyclic) bond motifs is 2. The molecule has 37 heavy (non-hydrogen) atoms. The molecule has 0 fully saturated rings. The molecular weight excluding hydrogens is 540 g/mol. The van der Waals surface area contributed by atoms with Gasteiger partial charge in [0.2, 0.25) is 0 Å². The zero-order valence-corrected chi connectivity index (χ0v) is 21.9. The third kappa shape index (κ3) is 5.91. The second-order valence-corrected chi connectivity index (χ2v) is 8.97. The molecule has 3 aromatic carbocycles. The Kier molecular flexibility index (Phi) is 8.08. The van der Waals surface area contributed by atoms with Crippen LogP contribution in [0, 0.1) is 25.5 Å². The number of benzene rings is 3. The summed E-state index contributed by atoms with van der Waals surface area (Å²) in [5.74, 6) is -3.57. The molecule has 0 saturated heterocycles. The van der Waals surface area contributed by atoms with E-state index in [0.717, 1.165) is 45.1 Å². The van der Waals surface area contributed by atoms with Crippen LogP contribution < -0.4 is 10.5 Å². The first-order chi connectivity index (χ1) is 17.8. The fraction of sp³-hybridized carbons (Fsp3) is 0.138. The van der Waals surface area contributed by atoms with E-state index in [4.69, 9.17) is 10.5 Å². The van der Waals surface area contributed by atoms with Gasteiger partial charge in [-0.1, -0.05) is 52.3 Å². The van der Waals surface area contributed by atoms with Crippen LogP contribution in [0.4, 0.5) is 8.78 Å². The smallest absolute Gasteiger partial charge is 0.254 e. The van der Waals surface area contributed by atoms with E-state index in [1.807, 2.05) is 37.3 Å². The molecule has 2 aromatic heterocycles. The summed E-state index contributed by atoms with van der Waals surface area (Å²) in [4.78, 5) is 20.1. The van der Waals surface area contributed by atoms with Crippen LogP contribution in [-0.4, -0.2) is 15.9 Å². The maximum absolute atomic E-state index is 14.1. The number of nitrogens with two attached hydrogens (primary N) is 1. The zero-order valence-electron chi connectivity index (χ0n) is 20.3. The average Bonchev–Trinajstić information content (AvgIpc) is 2.88. The number of hydrogen-bond donors (Lipinski definition) is 1. The van der Waals surface area contributed by atoms with Gasteiger partial charge < -0.3 is 10.5 Å². The molecule has 0 bridgehead atoms. The highest BCUT2D eigenvalue weighted by Gasteiger charge is 2.19. The number of primary amides is 1. The number of nitrogens with zero attached hydrogens (tertiary/aromatic N) is 2. The zero-order chi connectivity index (χ0) is 26.5. The third-order valence-electron chi connectivity index (χ3n) is 5.83. The molecule has 0 atom stereocenters. The van der Waals surface area contributed by atoms with Gasteiger partial charge in [-0.15, -0.1) is 0 Å². The Morgan fingerprint density at radius 3 is 1.97 bits per heavy atom. The molecule has 5 nitrogen and oxygen atoms in total. The van der Waals surface area contributed by atoms with Crippen molar-refractivity contribution in [2.45, 2.75) is 25.8 Å². The predicted octanol–water partition coefficient (Wildman–Crippen LogP) is 6.94. The van der Waals surface area contributed by atoms with Crippen LogP contribution in [0.25, 0.3) is 21.8 Å². The lowest BCUT2D eigenvalue weighted by Gasteiger charge is -2.10. The Morgan fingerprint density at radius 2 is 1.41 bits per heavy atom. The maximum atomic E-state index is 14.1. The van der Waals surface area contributed by atoms with Crippen LogP contribution in [0.5, 0.6) is 5.75 Å². The number of carbonyl (C=O) groups is 1. The van der Waals surface area contributed by atoms with E-state index in [0.29, 0.717) is 5.69 Å². The number of alkyl halides is 1. The number of ether oxygens (including phenoxy) is 1. The maximum Gasteiger partial charge on any atom is 0.254 e. The third-order valence-corrected chi connectivity index (χ3v) is 6.40. The Labute approximate surface area is 221 Å². The topological polar surface area (TPSA) is 78.1 Å². The average molecular weight is 564 g/mol. The minimum absolute atomic E-state index is 0.0232. The molecule has 1 amide bonds. The van der Waals surface area contributed by atoms with Gasteiger partial charge in [-0.05, 0) is 61.4 Å². The Balaban J connectivity index is 0.000000207. The molecule has 0 aliphatic heterocycles. The molecule has 5 rings (SSSR count). The van der Waals surface area contributed by atoms with Crippen LogP contribution in [0.3, 0.4) is 0 Å². The number of aryl methyl sites for hydroxylation is 2. The first kappa shape index (κ1) is 26.2. The summed E-state index contributed by atoms with van der Waals surface area (Å²) < 4.78 is 32.9. The number of carbonyl (C=O) groups excluding carboxylic acids is 1. The van der Waals surface area contributed by atoms with Crippen LogP contribution in [0.1, 0.15) is 32.9 Å². The molecule has 0 unspecified atom stereocenters. The van der Waals surface area contributed by atoms with Gasteiger partial charge in [-0.2, -0.15) is 0 Å². The van der Waals surface area contributed by atoms with Crippen LogP contribution in [0.15, 0.2) is 72.8 Å². The van der Waals surface area contributed by atoms with Crippen LogP contribution >= 0.6 is 15.9 Å². The lowest BCUT2D eigenvalue weighted by molar-refractivity contribution is 0.0991. The summed E-state index contributed by atoms with van der Waals surface area (Å²) in [6, 6.07) is 21.9. The van der Waals surface area contributed by atoms with Gasteiger partial charge in [0.15, 0.2) is 11.6 Å². The van der Waals surface area contributed by atoms with Gasteiger partial charge in [0.05, 0.1) is 22.4 Å². The molecule has 0 aliphatic rings. The highest BCUT2D eigenvalue weighted by molar-refractivity contribution is 9.08. The summed E-state index contributed by atoms with van der Waals surface area (Å²) >= 11 is 3.40. The predicted molar refractivity (Wildman–Crippen MR) is 145 cm³/mol. The number of pyridine rings is 2. The SMILES string of the molecule is Cc1cccc2nc(CBr)ccc12.Cc1cccc2nc(COc3ccc(F)c(C(N)=O)c3F)ccc12. The number of rotatable bonds is 5. The van der Waals surface area contributed by atoms with Gasteiger partial charge in [0, 0.05) is 16.1 Å². The van der Waals surface area contributed by atoms with Crippen molar-refractivity contribution in [3.05, 3.63) is 113 Å².